The molecule has 0 spiro atoms. The van der Waals surface area contributed by atoms with E-state index in [0.717, 1.165) is 32.4 Å². The van der Waals surface area contributed by atoms with Crippen molar-refractivity contribution in [3.8, 4) is 0 Å². The topological polar surface area (TPSA) is 50.4 Å². The van der Waals surface area contributed by atoms with E-state index in [-0.39, 0.29) is 5.91 Å². The van der Waals surface area contributed by atoms with Crippen LogP contribution >= 0.6 is 27.5 Å². The molecule has 2 rings (SSSR count). The molecule has 1 heterocycles. The molecule has 1 aromatic rings. The number of piperidine rings is 1. The Morgan fingerprint density at radius 3 is 2.90 bits per heavy atom. The lowest BCUT2D eigenvalue weighted by Crippen LogP contribution is -2.33. The minimum atomic E-state index is -0.0968. The van der Waals surface area contributed by atoms with Crippen LogP contribution in [0.2, 0.25) is 5.02 Å². The van der Waals surface area contributed by atoms with Gasteiger partial charge in [-0.25, -0.2) is 0 Å². The first-order valence-electron chi connectivity index (χ1n) is 7.22. The Labute approximate surface area is 138 Å². The largest absolute Gasteiger partial charge is 0.378 e. The summed E-state index contributed by atoms with van der Waals surface area (Å²) >= 11 is 9.20. The number of rotatable bonds is 6. The fourth-order valence-electron chi connectivity index (χ4n) is 2.26. The quantitative estimate of drug-likeness (QED) is 0.752. The van der Waals surface area contributed by atoms with Crippen LogP contribution in [0.15, 0.2) is 22.7 Å². The Morgan fingerprint density at radius 1 is 1.43 bits per heavy atom. The van der Waals surface area contributed by atoms with E-state index in [1.54, 1.807) is 18.2 Å². The van der Waals surface area contributed by atoms with Gasteiger partial charge < -0.3 is 15.4 Å². The molecule has 0 aliphatic carbocycles. The van der Waals surface area contributed by atoms with E-state index in [1.165, 1.54) is 0 Å². The molecule has 0 bridgehead atoms. The minimum Gasteiger partial charge on any atom is -0.378 e. The third-order valence-corrected chi connectivity index (χ3v) is 4.31. The Morgan fingerprint density at radius 2 is 2.19 bits per heavy atom. The second-order valence-electron chi connectivity index (χ2n) is 5.05. The molecule has 0 atom stereocenters. The highest BCUT2D eigenvalue weighted by atomic mass is 79.9. The number of nitrogens with one attached hydrogen (secondary N) is 2. The van der Waals surface area contributed by atoms with Gasteiger partial charge in [0.2, 0.25) is 0 Å². The zero-order chi connectivity index (χ0) is 15.1. The fraction of sp³-hybridized carbons (Fsp3) is 0.533. The number of hydrogen-bond donors (Lipinski definition) is 2. The van der Waals surface area contributed by atoms with Crippen molar-refractivity contribution in [2.75, 3.05) is 26.2 Å². The Bertz CT molecular complexity index is 479. The summed E-state index contributed by atoms with van der Waals surface area (Å²) in [4.78, 5) is 12.0. The molecular weight excluding hydrogens is 356 g/mol. The van der Waals surface area contributed by atoms with Gasteiger partial charge in [-0.15, -0.1) is 0 Å². The van der Waals surface area contributed by atoms with Crippen LogP contribution in [0.5, 0.6) is 0 Å². The van der Waals surface area contributed by atoms with E-state index in [4.69, 9.17) is 16.3 Å². The van der Waals surface area contributed by atoms with Crippen LogP contribution in [0, 0.1) is 0 Å². The second kappa shape index (κ2) is 8.73. The highest BCUT2D eigenvalue weighted by Crippen LogP contribution is 2.21. The summed E-state index contributed by atoms with van der Waals surface area (Å²) in [7, 11) is 0. The average Bonchev–Trinajstić information content (AvgIpc) is 2.47. The Balaban J connectivity index is 1.64. The number of carbonyl (C=O) groups excluding carboxylic acids is 1. The van der Waals surface area contributed by atoms with Gasteiger partial charge in [-0.2, -0.15) is 0 Å². The number of ether oxygens (including phenoxy) is 1. The normalized spacial score (nSPS) is 15.9. The van der Waals surface area contributed by atoms with Crippen molar-refractivity contribution in [3.63, 3.8) is 0 Å². The third-order valence-electron chi connectivity index (χ3n) is 3.42. The molecule has 0 aromatic heterocycles. The molecule has 1 fully saturated rings. The number of hydrogen-bond acceptors (Lipinski definition) is 3. The molecule has 116 valence electrons. The van der Waals surface area contributed by atoms with Crippen molar-refractivity contribution in [2.45, 2.75) is 25.4 Å². The first kappa shape index (κ1) is 16.7. The van der Waals surface area contributed by atoms with Crippen molar-refractivity contribution in [1.82, 2.24) is 10.6 Å². The van der Waals surface area contributed by atoms with Crippen molar-refractivity contribution in [2.24, 2.45) is 0 Å². The predicted molar refractivity (Wildman–Crippen MR) is 87.9 cm³/mol. The average molecular weight is 376 g/mol. The van der Waals surface area contributed by atoms with Gasteiger partial charge in [-0.1, -0.05) is 11.6 Å². The van der Waals surface area contributed by atoms with E-state index in [0.29, 0.717) is 34.3 Å². The van der Waals surface area contributed by atoms with Crippen LogP contribution in [0.25, 0.3) is 0 Å². The molecule has 0 unspecified atom stereocenters. The van der Waals surface area contributed by atoms with Gasteiger partial charge in [0.15, 0.2) is 0 Å². The predicted octanol–water partition coefficient (Wildman–Crippen LogP) is 2.99. The van der Waals surface area contributed by atoms with Crippen LogP contribution in [-0.2, 0) is 4.74 Å². The van der Waals surface area contributed by atoms with Crippen LogP contribution in [-0.4, -0.2) is 38.3 Å². The monoisotopic (exact) mass is 374 g/mol. The molecule has 21 heavy (non-hydrogen) atoms. The van der Waals surface area contributed by atoms with Crippen molar-refractivity contribution in [1.29, 1.82) is 0 Å². The van der Waals surface area contributed by atoms with Gasteiger partial charge in [0, 0.05) is 22.6 Å². The zero-order valence-corrected chi connectivity index (χ0v) is 14.2. The summed E-state index contributed by atoms with van der Waals surface area (Å²) < 4.78 is 6.50. The van der Waals surface area contributed by atoms with E-state index in [1.807, 2.05) is 0 Å². The summed E-state index contributed by atoms with van der Waals surface area (Å²) in [6, 6.07) is 5.14. The summed E-state index contributed by atoms with van der Waals surface area (Å²) in [5, 5.41) is 6.81. The van der Waals surface area contributed by atoms with Gasteiger partial charge in [0.25, 0.3) is 5.91 Å². The zero-order valence-electron chi connectivity index (χ0n) is 11.8. The molecular formula is C15H20BrClN2O2. The van der Waals surface area contributed by atoms with E-state index >= 15 is 0 Å². The Hall–Kier alpha value is -0.620. The molecule has 1 saturated heterocycles. The minimum absolute atomic E-state index is 0.0968. The molecule has 4 nitrogen and oxygen atoms in total. The molecule has 1 aromatic carbocycles. The van der Waals surface area contributed by atoms with E-state index in [2.05, 4.69) is 26.6 Å². The van der Waals surface area contributed by atoms with Crippen molar-refractivity contribution < 1.29 is 9.53 Å². The molecule has 0 saturated carbocycles. The summed E-state index contributed by atoms with van der Waals surface area (Å²) in [6.45, 7) is 3.36. The standard InChI is InChI=1S/C15H20BrClN2O2/c16-14-10-11(17)2-3-13(14)15(20)19-6-1-9-21-12-4-7-18-8-5-12/h2-3,10,12,18H,1,4-9H2,(H,19,20). The Kier molecular flexibility index (Phi) is 6.96. The maximum atomic E-state index is 12.0. The van der Waals surface area contributed by atoms with E-state index < -0.39 is 0 Å². The second-order valence-corrected chi connectivity index (χ2v) is 6.34. The van der Waals surface area contributed by atoms with E-state index in [9.17, 15) is 4.79 Å². The number of halogens is 2. The highest BCUT2D eigenvalue weighted by molar-refractivity contribution is 9.10. The van der Waals surface area contributed by atoms with Gasteiger partial charge >= 0.3 is 0 Å². The molecule has 1 aliphatic rings. The summed E-state index contributed by atoms with van der Waals surface area (Å²) in [6.07, 6.45) is 3.34. The number of amides is 1. The van der Waals surface area contributed by atoms with Crippen LogP contribution in [0.1, 0.15) is 29.6 Å². The lowest BCUT2D eigenvalue weighted by Gasteiger charge is -2.22. The van der Waals surface area contributed by atoms with Crippen LogP contribution < -0.4 is 10.6 Å². The molecule has 6 heteroatoms. The molecule has 2 N–H and O–H groups in total. The molecule has 1 aliphatic heterocycles. The number of benzene rings is 1. The van der Waals surface area contributed by atoms with Gasteiger partial charge in [0.05, 0.1) is 11.7 Å². The lowest BCUT2D eigenvalue weighted by molar-refractivity contribution is 0.0318. The highest BCUT2D eigenvalue weighted by Gasteiger charge is 2.13. The van der Waals surface area contributed by atoms with Crippen molar-refractivity contribution in [3.05, 3.63) is 33.3 Å². The summed E-state index contributed by atoms with van der Waals surface area (Å²) in [5.41, 5.74) is 0.596. The van der Waals surface area contributed by atoms with Gasteiger partial charge in [-0.3, -0.25) is 4.79 Å². The maximum absolute atomic E-state index is 12.0. The first-order chi connectivity index (χ1) is 10.2. The third kappa shape index (κ3) is 5.58. The van der Waals surface area contributed by atoms with Gasteiger partial charge in [0.1, 0.15) is 0 Å². The smallest absolute Gasteiger partial charge is 0.252 e. The maximum Gasteiger partial charge on any atom is 0.252 e. The van der Waals surface area contributed by atoms with Crippen LogP contribution in [0.3, 0.4) is 0 Å². The van der Waals surface area contributed by atoms with Crippen molar-refractivity contribution >= 4 is 33.4 Å². The van der Waals surface area contributed by atoms with Crippen LogP contribution in [0.4, 0.5) is 0 Å². The molecule has 0 radical (unpaired) electrons. The fourth-order valence-corrected chi connectivity index (χ4v) is 3.12. The lowest BCUT2D eigenvalue weighted by atomic mass is 10.1. The first-order valence-corrected chi connectivity index (χ1v) is 8.39. The molecule has 1 amide bonds. The number of carbonyl (C=O) groups is 1. The summed E-state index contributed by atoms with van der Waals surface area (Å²) in [5.74, 6) is -0.0968. The SMILES string of the molecule is O=C(NCCCOC1CCNCC1)c1ccc(Cl)cc1Br. The van der Waals surface area contributed by atoms with Gasteiger partial charge in [-0.05, 0) is 66.5 Å².